The van der Waals surface area contributed by atoms with E-state index < -0.39 is 0 Å². The topological polar surface area (TPSA) is 15.3 Å². The highest BCUT2D eigenvalue weighted by molar-refractivity contribution is 5.54. The van der Waals surface area contributed by atoms with Crippen molar-refractivity contribution in [2.24, 2.45) is 5.41 Å². The van der Waals surface area contributed by atoms with Crippen molar-refractivity contribution in [2.45, 2.75) is 59.2 Å². The van der Waals surface area contributed by atoms with Crippen LogP contribution in [0.15, 0.2) is 18.2 Å². The summed E-state index contributed by atoms with van der Waals surface area (Å²) >= 11 is 0. The van der Waals surface area contributed by atoms with Crippen LogP contribution in [0.3, 0.4) is 0 Å². The monoisotopic (exact) mass is 278 g/mol. The highest BCUT2D eigenvalue weighted by atomic mass is 19.1. The largest absolute Gasteiger partial charge is 0.371 e. The van der Waals surface area contributed by atoms with E-state index in [1.54, 1.807) is 12.1 Å². The molecule has 0 radical (unpaired) electrons. The molecule has 1 aliphatic rings. The van der Waals surface area contributed by atoms with Gasteiger partial charge in [0.1, 0.15) is 5.82 Å². The van der Waals surface area contributed by atoms with Gasteiger partial charge in [0.2, 0.25) is 0 Å². The second kappa shape index (κ2) is 5.72. The number of anilines is 1. The highest BCUT2D eigenvalue weighted by Crippen LogP contribution is 2.30. The Balaban J connectivity index is 2.19. The molecule has 0 saturated heterocycles. The van der Waals surface area contributed by atoms with Gasteiger partial charge in [-0.3, -0.25) is 0 Å². The van der Waals surface area contributed by atoms with E-state index in [4.69, 9.17) is 0 Å². The van der Waals surface area contributed by atoms with Crippen molar-refractivity contribution in [2.75, 3.05) is 11.9 Å². The summed E-state index contributed by atoms with van der Waals surface area (Å²) in [5.74, 6) is -0.154. The molecule has 1 fully saturated rings. The molecule has 1 aromatic rings. The molecule has 1 aromatic carbocycles. The predicted octanol–water partition coefficient (Wildman–Crippen LogP) is 3.95. The van der Waals surface area contributed by atoms with Crippen LogP contribution in [0.5, 0.6) is 0 Å². The third kappa shape index (κ3) is 3.72. The van der Waals surface area contributed by atoms with E-state index >= 15 is 0 Å². The molecule has 2 nitrogen and oxygen atoms in total. The minimum atomic E-state index is -0.154. The minimum absolute atomic E-state index is 0.154. The van der Waals surface area contributed by atoms with Crippen molar-refractivity contribution in [3.05, 3.63) is 29.6 Å². The van der Waals surface area contributed by atoms with E-state index in [2.05, 4.69) is 45.0 Å². The van der Waals surface area contributed by atoms with Crippen molar-refractivity contribution in [1.29, 1.82) is 0 Å². The van der Waals surface area contributed by atoms with Crippen molar-refractivity contribution in [3.8, 4) is 0 Å². The van der Waals surface area contributed by atoms with Crippen LogP contribution in [-0.4, -0.2) is 19.1 Å². The lowest BCUT2D eigenvalue weighted by atomic mass is 9.86. The van der Waals surface area contributed by atoms with Gasteiger partial charge in [-0.25, -0.2) is 4.39 Å². The number of halogens is 1. The first kappa shape index (κ1) is 15.3. The number of nitrogens with one attached hydrogen (secondary N) is 1. The van der Waals surface area contributed by atoms with Crippen LogP contribution in [0.1, 0.15) is 46.1 Å². The maximum Gasteiger partial charge on any atom is 0.123 e. The second-order valence-electron chi connectivity index (χ2n) is 7.08. The quantitative estimate of drug-likeness (QED) is 0.877. The van der Waals surface area contributed by atoms with Crippen LogP contribution in [0.2, 0.25) is 0 Å². The van der Waals surface area contributed by atoms with Crippen molar-refractivity contribution in [3.63, 3.8) is 0 Å². The Morgan fingerprint density at radius 2 is 2.00 bits per heavy atom. The molecule has 0 aromatic heterocycles. The van der Waals surface area contributed by atoms with E-state index in [-0.39, 0.29) is 11.2 Å². The van der Waals surface area contributed by atoms with E-state index in [1.165, 1.54) is 12.8 Å². The zero-order valence-electron chi connectivity index (χ0n) is 13.3. The predicted molar refractivity (Wildman–Crippen MR) is 83.6 cm³/mol. The third-order valence-corrected chi connectivity index (χ3v) is 4.41. The number of nitrogens with zero attached hydrogens (tertiary/aromatic N) is 1. The van der Waals surface area contributed by atoms with Crippen LogP contribution in [0.25, 0.3) is 0 Å². The molecule has 0 spiro atoms. The molecule has 1 saturated carbocycles. The van der Waals surface area contributed by atoms with Crippen molar-refractivity contribution in [1.82, 2.24) is 5.32 Å². The van der Waals surface area contributed by atoms with Gasteiger partial charge in [0.15, 0.2) is 0 Å². The minimum Gasteiger partial charge on any atom is -0.371 e. The van der Waals surface area contributed by atoms with E-state index in [1.807, 2.05) is 6.07 Å². The van der Waals surface area contributed by atoms with Crippen molar-refractivity contribution >= 4 is 5.69 Å². The maximum absolute atomic E-state index is 13.5. The Bertz CT molecular complexity index is 461. The molecule has 20 heavy (non-hydrogen) atoms. The molecular formula is C17H27FN2. The fraction of sp³-hybridized carbons (Fsp3) is 0.647. The fourth-order valence-electron chi connectivity index (χ4n) is 2.37. The van der Waals surface area contributed by atoms with Gasteiger partial charge in [0.05, 0.1) is 0 Å². The molecule has 0 heterocycles. The third-order valence-electron chi connectivity index (χ3n) is 4.41. The summed E-state index contributed by atoms with van der Waals surface area (Å²) in [7, 11) is 2.10. The number of hydrogen-bond donors (Lipinski definition) is 1. The van der Waals surface area contributed by atoms with Gasteiger partial charge in [-0.05, 0) is 48.9 Å². The summed E-state index contributed by atoms with van der Waals surface area (Å²) in [5.41, 5.74) is 2.36. The van der Waals surface area contributed by atoms with E-state index in [0.29, 0.717) is 12.1 Å². The van der Waals surface area contributed by atoms with Gasteiger partial charge in [-0.2, -0.15) is 0 Å². The first-order valence-corrected chi connectivity index (χ1v) is 7.53. The molecular weight excluding hydrogens is 251 g/mol. The smallest absolute Gasteiger partial charge is 0.123 e. The van der Waals surface area contributed by atoms with E-state index in [9.17, 15) is 4.39 Å². The van der Waals surface area contributed by atoms with Crippen LogP contribution in [0.4, 0.5) is 10.1 Å². The first-order chi connectivity index (χ1) is 9.29. The lowest BCUT2D eigenvalue weighted by molar-refractivity contribution is 0.329. The molecule has 112 valence electrons. The zero-order chi connectivity index (χ0) is 14.9. The molecule has 0 amide bonds. The van der Waals surface area contributed by atoms with Crippen LogP contribution >= 0.6 is 0 Å². The summed E-state index contributed by atoms with van der Waals surface area (Å²) in [6.45, 7) is 9.68. The van der Waals surface area contributed by atoms with Gasteiger partial charge in [-0.1, -0.05) is 20.8 Å². The molecule has 3 heteroatoms. The Kier molecular flexibility index (Phi) is 4.38. The molecule has 1 atom stereocenters. The van der Waals surface area contributed by atoms with Gasteiger partial charge >= 0.3 is 0 Å². The van der Waals surface area contributed by atoms with Crippen LogP contribution < -0.4 is 10.2 Å². The number of hydrogen-bond acceptors (Lipinski definition) is 2. The lowest BCUT2D eigenvalue weighted by Gasteiger charge is -2.38. The van der Waals surface area contributed by atoms with Crippen molar-refractivity contribution < 1.29 is 4.39 Å². The SMILES string of the molecule is CC(N(C)c1ccc(F)cc1CNC1CC1)C(C)(C)C. The van der Waals surface area contributed by atoms with Gasteiger partial charge < -0.3 is 10.2 Å². The maximum atomic E-state index is 13.5. The normalized spacial score (nSPS) is 17.1. The number of benzene rings is 1. The zero-order valence-corrected chi connectivity index (χ0v) is 13.3. The summed E-state index contributed by atoms with van der Waals surface area (Å²) < 4.78 is 13.5. The van der Waals surface area contributed by atoms with Crippen LogP contribution in [0, 0.1) is 11.2 Å². The van der Waals surface area contributed by atoms with Gasteiger partial charge in [-0.15, -0.1) is 0 Å². The molecule has 1 aliphatic carbocycles. The highest BCUT2D eigenvalue weighted by Gasteiger charge is 2.26. The lowest BCUT2D eigenvalue weighted by Crippen LogP contribution is -2.40. The standard InChI is InChI=1S/C17H27FN2/c1-12(17(2,3)4)20(5)16-9-6-14(18)10-13(16)11-19-15-7-8-15/h6,9-10,12,15,19H,7-8,11H2,1-5H3. The molecule has 1 N–H and O–H groups in total. The molecule has 1 unspecified atom stereocenters. The average Bonchev–Trinajstić information content (AvgIpc) is 3.17. The van der Waals surface area contributed by atoms with Gasteiger partial charge in [0.25, 0.3) is 0 Å². The molecule has 0 aliphatic heterocycles. The summed E-state index contributed by atoms with van der Waals surface area (Å²) in [6.07, 6.45) is 2.50. The number of rotatable bonds is 5. The van der Waals surface area contributed by atoms with Crippen LogP contribution in [-0.2, 0) is 6.54 Å². The Labute approximate surface area is 122 Å². The first-order valence-electron chi connectivity index (χ1n) is 7.53. The van der Waals surface area contributed by atoms with Gasteiger partial charge in [0, 0.05) is 31.4 Å². The molecule has 0 bridgehead atoms. The Morgan fingerprint density at radius 1 is 1.35 bits per heavy atom. The summed E-state index contributed by atoms with van der Waals surface area (Å²) in [5, 5.41) is 3.48. The van der Waals surface area contributed by atoms with E-state index in [0.717, 1.165) is 17.8 Å². The fourth-order valence-corrected chi connectivity index (χ4v) is 2.37. The Morgan fingerprint density at radius 3 is 2.55 bits per heavy atom. The average molecular weight is 278 g/mol. The Hall–Kier alpha value is -1.09. The summed E-state index contributed by atoms with van der Waals surface area (Å²) in [4.78, 5) is 2.27. The molecule has 2 rings (SSSR count). The summed E-state index contributed by atoms with van der Waals surface area (Å²) in [6, 6.07) is 6.14. The second-order valence-corrected chi connectivity index (χ2v) is 7.08.